The maximum Gasteiger partial charge on any atom is 0.145 e. The highest BCUT2D eigenvalue weighted by atomic mass is 16.1. The number of carbonyl (C=O) groups excluding carboxylic acids is 1. The second-order valence-electron chi connectivity index (χ2n) is 8.43. The SMILES string of the molecule is Cc1cccnc1C1(C(=O)CC(C)(C)C)CC(C)(C)C1. The van der Waals surface area contributed by atoms with E-state index in [1.807, 2.05) is 12.3 Å². The third kappa shape index (κ3) is 2.79. The van der Waals surface area contributed by atoms with Crippen molar-refractivity contribution in [3.63, 3.8) is 0 Å². The Morgan fingerprint density at radius 2 is 1.90 bits per heavy atom. The summed E-state index contributed by atoms with van der Waals surface area (Å²) in [6.45, 7) is 13.0. The van der Waals surface area contributed by atoms with Crippen LogP contribution in [0.3, 0.4) is 0 Å². The highest BCUT2D eigenvalue weighted by Gasteiger charge is 2.56. The first kappa shape index (κ1) is 15.2. The standard InChI is InChI=1S/C18H27NO/c1-13-8-7-9-19-15(13)18(11-17(5,6)12-18)14(20)10-16(2,3)4/h7-9H,10-12H2,1-6H3. The summed E-state index contributed by atoms with van der Waals surface area (Å²) in [5.74, 6) is 0.367. The minimum absolute atomic E-state index is 0.0342. The predicted molar refractivity (Wildman–Crippen MR) is 82.7 cm³/mol. The molecule has 1 saturated carbocycles. The summed E-state index contributed by atoms with van der Waals surface area (Å²) >= 11 is 0. The monoisotopic (exact) mass is 273 g/mol. The summed E-state index contributed by atoms with van der Waals surface area (Å²) in [4.78, 5) is 17.5. The van der Waals surface area contributed by atoms with Crippen LogP contribution in [0.15, 0.2) is 18.3 Å². The van der Waals surface area contributed by atoms with Gasteiger partial charge in [0.1, 0.15) is 5.78 Å². The van der Waals surface area contributed by atoms with Gasteiger partial charge in [0.2, 0.25) is 0 Å². The van der Waals surface area contributed by atoms with Crippen LogP contribution in [0, 0.1) is 17.8 Å². The molecule has 0 radical (unpaired) electrons. The zero-order valence-electron chi connectivity index (χ0n) is 13.7. The van der Waals surface area contributed by atoms with Gasteiger partial charge in [0, 0.05) is 12.6 Å². The molecule has 1 heterocycles. The van der Waals surface area contributed by atoms with Crippen LogP contribution in [-0.4, -0.2) is 10.8 Å². The molecule has 2 rings (SSSR count). The van der Waals surface area contributed by atoms with Crippen LogP contribution in [0.25, 0.3) is 0 Å². The molecular formula is C18H27NO. The second kappa shape index (κ2) is 4.68. The Morgan fingerprint density at radius 1 is 1.30 bits per heavy atom. The Balaban J connectivity index is 2.39. The maximum absolute atomic E-state index is 13.0. The van der Waals surface area contributed by atoms with Crippen molar-refractivity contribution < 1.29 is 4.79 Å². The fourth-order valence-electron chi connectivity index (χ4n) is 3.72. The highest BCUT2D eigenvalue weighted by molar-refractivity contribution is 5.91. The number of hydrogen-bond acceptors (Lipinski definition) is 2. The molecule has 110 valence electrons. The fourth-order valence-corrected chi connectivity index (χ4v) is 3.72. The molecule has 2 heteroatoms. The lowest BCUT2D eigenvalue weighted by Gasteiger charge is -2.52. The molecule has 0 amide bonds. The Labute approximate surface area is 123 Å². The van der Waals surface area contributed by atoms with E-state index in [9.17, 15) is 4.79 Å². The van der Waals surface area contributed by atoms with Crippen molar-refractivity contribution >= 4 is 5.78 Å². The molecule has 0 atom stereocenters. The van der Waals surface area contributed by atoms with E-state index >= 15 is 0 Å². The molecule has 1 aromatic heterocycles. The third-order valence-corrected chi connectivity index (χ3v) is 4.25. The first-order valence-corrected chi connectivity index (χ1v) is 7.51. The summed E-state index contributed by atoms with van der Waals surface area (Å²) in [5, 5.41) is 0. The molecule has 0 aliphatic heterocycles. The molecule has 0 N–H and O–H groups in total. The van der Waals surface area contributed by atoms with Gasteiger partial charge in [-0.25, -0.2) is 0 Å². The number of ketones is 1. The summed E-state index contributed by atoms with van der Waals surface area (Å²) in [6, 6.07) is 4.02. The van der Waals surface area contributed by atoms with E-state index in [1.165, 1.54) is 0 Å². The molecule has 0 aromatic carbocycles. The molecule has 0 spiro atoms. The molecule has 1 fully saturated rings. The van der Waals surface area contributed by atoms with E-state index in [1.54, 1.807) is 0 Å². The van der Waals surface area contributed by atoms with Crippen molar-refractivity contribution in [2.75, 3.05) is 0 Å². The summed E-state index contributed by atoms with van der Waals surface area (Å²) in [7, 11) is 0. The Morgan fingerprint density at radius 3 is 2.35 bits per heavy atom. The summed E-state index contributed by atoms with van der Waals surface area (Å²) < 4.78 is 0. The van der Waals surface area contributed by atoms with Crippen molar-refractivity contribution in [2.45, 2.75) is 66.2 Å². The number of pyridine rings is 1. The lowest BCUT2D eigenvalue weighted by atomic mass is 9.50. The van der Waals surface area contributed by atoms with Gasteiger partial charge in [-0.05, 0) is 42.2 Å². The van der Waals surface area contributed by atoms with Gasteiger partial charge in [-0.15, -0.1) is 0 Å². The van der Waals surface area contributed by atoms with Crippen LogP contribution in [0.4, 0.5) is 0 Å². The van der Waals surface area contributed by atoms with Gasteiger partial charge in [-0.3, -0.25) is 9.78 Å². The average Bonchev–Trinajstić information content (AvgIpc) is 2.23. The van der Waals surface area contributed by atoms with E-state index in [-0.39, 0.29) is 16.2 Å². The number of Topliss-reactive ketones (excluding diaryl/α,β-unsaturated/α-hetero) is 1. The van der Waals surface area contributed by atoms with Crippen LogP contribution in [0.1, 0.15) is 65.1 Å². The molecule has 0 unspecified atom stereocenters. The van der Waals surface area contributed by atoms with Crippen molar-refractivity contribution in [3.05, 3.63) is 29.6 Å². The smallest absolute Gasteiger partial charge is 0.145 e. The maximum atomic E-state index is 13.0. The van der Waals surface area contributed by atoms with Crippen LogP contribution < -0.4 is 0 Å². The minimum atomic E-state index is -0.345. The third-order valence-electron chi connectivity index (χ3n) is 4.25. The van der Waals surface area contributed by atoms with E-state index in [4.69, 9.17) is 0 Å². The molecule has 2 nitrogen and oxygen atoms in total. The number of aromatic nitrogens is 1. The lowest BCUT2D eigenvalue weighted by molar-refractivity contribution is -0.135. The molecule has 1 aliphatic rings. The Kier molecular flexibility index (Phi) is 3.56. The number of aryl methyl sites for hydroxylation is 1. The van der Waals surface area contributed by atoms with Crippen molar-refractivity contribution in [1.29, 1.82) is 0 Å². The van der Waals surface area contributed by atoms with E-state index < -0.39 is 0 Å². The van der Waals surface area contributed by atoms with Gasteiger partial charge in [-0.1, -0.05) is 40.7 Å². The normalized spacial score (nSPS) is 20.3. The van der Waals surface area contributed by atoms with Crippen LogP contribution in [-0.2, 0) is 10.2 Å². The lowest BCUT2D eigenvalue weighted by Crippen LogP contribution is -2.53. The number of nitrogens with zero attached hydrogens (tertiary/aromatic N) is 1. The second-order valence-corrected chi connectivity index (χ2v) is 8.43. The Hall–Kier alpha value is -1.18. The van der Waals surface area contributed by atoms with E-state index in [0.717, 1.165) is 24.1 Å². The molecular weight excluding hydrogens is 246 g/mol. The van der Waals surface area contributed by atoms with Crippen molar-refractivity contribution in [2.24, 2.45) is 10.8 Å². The summed E-state index contributed by atoms with van der Waals surface area (Å²) in [6.07, 6.45) is 4.29. The molecule has 20 heavy (non-hydrogen) atoms. The fraction of sp³-hybridized carbons (Fsp3) is 0.667. The van der Waals surface area contributed by atoms with Gasteiger partial charge >= 0.3 is 0 Å². The molecule has 0 saturated heterocycles. The number of carbonyl (C=O) groups is 1. The zero-order valence-corrected chi connectivity index (χ0v) is 13.7. The predicted octanol–water partition coefficient (Wildman–Crippen LogP) is 4.45. The van der Waals surface area contributed by atoms with Crippen molar-refractivity contribution in [3.8, 4) is 0 Å². The number of hydrogen-bond donors (Lipinski definition) is 0. The van der Waals surface area contributed by atoms with Gasteiger partial charge < -0.3 is 0 Å². The first-order valence-electron chi connectivity index (χ1n) is 7.51. The Bertz CT molecular complexity index is 514. The number of rotatable bonds is 3. The zero-order chi connectivity index (χ0) is 15.2. The van der Waals surface area contributed by atoms with E-state index in [0.29, 0.717) is 12.2 Å². The topological polar surface area (TPSA) is 30.0 Å². The van der Waals surface area contributed by atoms with Gasteiger partial charge in [0.25, 0.3) is 0 Å². The van der Waals surface area contributed by atoms with Crippen LogP contribution in [0.2, 0.25) is 0 Å². The molecule has 1 aliphatic carbocycles. The van der Waals surface area contributed by atoms with E-state index in [2.05, 4.69) is 52.6 Å². The molecule has 0 bridgehead atoms. The first-order chi connectivity index (χ1) is 9.06. The van der Waals surface area contributed by atoms with Gasteiger partial charge in [0.15, 0.2) is 0 Å². The highest BCUT2D eigenvalue weighted by Crippen LogP contribution is 2.56. The quantitative estimate of drug-likeness (QED) is 0.814. The van der Waals surface area contributed by atoms with Gasteiger partial charge in [0.05, 0.1) is 11.1 Å². The van der Waals surface area contributed by atoms with Crippen molar-refractivity contribution in [1.82, 2.24) is 4.98 Å². The van der Waals surface area contributed by atoms with Crippen LogP contribution in [0.5, 0.6) is 0 Å². The summed E-state index contributed by atoms with van der Waals surface area (Å²) in [5.41, 5.74) is 2.09. The largest absolute Gasteiger partial charge is 0.299 e. The van der Waals surface area contributed by atoms with Crippen LogP contribution >= 0.6 is 0 Å². The molecule has 1 aromatic rings. The minimum Gasteiger partial charge on any atom is -0.299 e. The average molecular weight is 273 g/mol. The van der Waals surface area contributed by atoms with Gasteiger partial charge in [-0.2, -0.15) is 0 Å².